The van der Waals surface area contributed by atoms with Crippen LogP contribution < -0.4 is 5.73 Å². The molecule has 0 saturated carbocycles. The minimum atomic E-state index is -3.04. The van der Waals surface area contributed by atoms with E-state index in [9.17, 15) is 9.36 Å². The van der Waals surface area contributed by atoms with E-state index in [1.807, 2.05) is 0 Å². The van der Waals surface area contributed by atoms with E-state index in [-0.39, 0.29) is 30.2 Å². The summed E-state index contributed by atoms with van der Waals surface area (Å²) in [5, 5.41) is 0.0858. The van der Waals surface area contributed by atoms with E-state index in [0.717, 1.165) is 0 Å². The molecule has 2 N–H and O–H groups in total. The molecule has 1 saturated heterocycles. The number of hydrogen-bond donors (Lipinski definition) is 1. The average Bonchev–Trinajstić information content (AvgIpc) is 3.36. The highest BCUT2D eigenvalue weighted by molar-refractivity contribution is 7.57. The number of nitrogens with zero attached hydrogens (tertiary/aromatic N) is 4. The second-order valence-corrected chi connectivity index (χ2v) is 11.0. The molecular formula is C21H25ClN5O6P. The van der Waals surface area contributed by atoms with Crippen LogP contribution in [0, 0.1) is 0 Å². The highest BCUT2D eigenvalue weighted by Gasteiger charge is 2.44. The van der Waals surface area contributed by atoms with E-state index in [1.54, 1.807) is 48.7 Å². The number of nitrogen functional groups attached to an aromatic ring is 1. The van der Waals surface area contributed by atoms with Gasteiger partial charge in [0.05, 0.1) is 24.6 Å². The van der Waals surface area contributed by atoms with Gasteiger partial charge in [0.25, 0.3) is 0 Å². The Labute approximate surface area is 201 Å². The molecule has 1 fully saturated rings. The summed E-state index contributed by atoms with van der Waals surface area (Å²) in [5.74, 6) is -0.606. The number of aromatic nitrogens is 4. The summed E-state index contributed by atoms with van der Waals surface area (Å²) in [6.07, 6.45) is -1.45. The second kappa shape index (κ2) is 9.97. The van der Waals surface area contributed by atoms with Gasteiger partial charge in [0.1, 0.15) is 18.0 Å². The number of carbonyl (C=O) groups excluding carboxylic acids is 1. The van der Waals surface area contributed by atoms with Crippen molar-refractivity contribution in [1.29, 1.82) is 0 Å². The zero-order valence-corrected chi connectivity index (χ0v) is 20.5. The van der Waals surface area contributed by atoms with Crippen LogP contribution in [-0.4, -0.2) is 63.4 Å². The van der Waals surface area contributed by atoms with Crippen LogP contribution in [-0.2, 0) is 23.3 Å². The van der Waals surface area contributed by atoms with Gasteiger partial charge in [-0.1, -0.05) is 29.8 Å². The standard InChI is InChI=1S/C21H25ClN5O6P/c1-12(2)33-34(3,29)11-31-14-9-30-19(16(14)32-20(28)13-7-5-4-6-8-13)27-10-24-15-17(22)25-21(23)26-18(15)27/h4-8,10,12,14,16,19H,9,11H2,1-3H3,(H2,23,25,26)/t14-,16+,19+,34?/m0/s1. The van der Waals surface area contributed by atoms with Crippen molar-refractivity contribution in [2.45, 2.75) is 38.4 Å². The zero-order valence-electron chi connectivity index (χ0n) is 18.8. The van der Waals surface area contributed by atoms with Crippen LogP contribution in [0.15, 0.2) is 36.7 Å². The number of hydrogen-bond acceptors (Lipinski definition) is 10. The van der Waals surface area contributed by atoms with Crippen molar-refractivity contribution in [1.82, 2.24) is 19.5 Å². The Hall–Kier alpha value is -2.56. The van der Waals surface area contributed by atoms with E-state index in [1.165, 1.54) is 13.0 Å². The first-order valence-electron chi connectivity index (χ1n) is 10.5. The molecule has 0 spiro atoms. The van der Waals surface area contributed by atoms with Gasteiger partial charge in [0.2, 0.25) is 13.3 Å². The molecule has 3 heterocycles. The fraction of sp³-hybridized carbons (Fsp3) is 0.429. The normalized spacial score (nSPS) is 22.2. The summed E-state index contributed by atoms with van der Waals surface area (Å²) in [6.45, 7) is 5.14. The van der Waals surface area contributed by atoms with Crippen LogP contribution in [0.5, 0.6) is 0 Å². The smallest absolute Gasteiger partial charge is 0.338 e. The molecule has 2 aromatic heterocycles. The third-order valence-electron chi connectivity index (χ3n) is 4.96. The molecule has 1 unspecified atom stereocenters. The zero-order chi connectivity index (χ0) is 24.5. The largest absolute Gasteiger partial charge is 0.451 e. The molecule has 1 aliphatic heterocycles. The first-order chi connectivity index (χ1) is 16.1. The topological polar surface area (TPSA) is 141 Å². The molecule has 0 radical (unpaired) electrons. The first kappa shape index (κ1) is 24.6. The molecule has 1 aromatic carbocycles. The van der Waals surface area contributed by atoms with E-state index in [2.05, 4.69) is 15.0 Å². The number of rotatable bonds is 8. The third kappa shape index (κ3) is 5.39. The summed E-state index contributed by atoms with van der Waals surface area (Å²) >= 11 is 6.15. The van der Waals surface area contributed by atoms with Gasteiger partial charge in [0, 0.05) is 6.66 Å². The number of imidazole rings is 1. The lowest BCUT2D eigenvalue weighted by Gasteiger charge is -2.25. The maximum atomic E-state index is 12.9. The molecule has 34 heavy (non-hydrogen) atoms. The molecule has 3 aromatic rings. The highest BCUT2D eigenvalue weighted by atomic mass is 35.5. The van der Waals surface area contributed by atoms with Gasteiger partial charge < -0.3 is 24.5 Å². The van der Waals surface area contributed by atoms with Crippen LogP contribution in [0.3, 0.4) is 0 Å². The highest BCUT2D eigenvalue weighted by Crippen LogP contribution is 2.45. The maximum absolute atomic E-state index is 12.9. The Morgan fingerprint density at radius 1 is 1.32 bits per heavy atom. The van der Waals surface area contributed by atoms with Crippen molar-refractivity contribution in [3.63, 3.8) is 0 Å². The summed E-state index contributed by atoms with van der Waals surface area (Å²) in [6, 6.07) is 8.53. The number of ether oxygens (including phenoxy) is 3. The average molecular weight is 510 g/mol. The van der Waals surface area contributed by atoms with Crippen LogP contribution in [0.4, 0.5) is 5.95 Å². The summed E-state index contributed by atoms with van der Waals surface area (Å²) in [5.41, 5.74) is 6.76. The third-order valence-corrected chi connectivity index (χ3v) is 6.71. The molecule has 182 valence electrons. The SMILES string of the molecule is CC(C)OP(C)(=O)CO[C@H]1CO[C@@H](n2cnc3c(Cl)nc(N)nc32)[C@@H]1OC(=O)c1ccccc1. The molecule has 0 aliphatic carbocycles. The van der Waals surface area contributed by atoms with E-state index < -0.39 is 31.8 Å². The van der Waals surface area contributed by atoms with Gasteiger partial charge in [-0.05, 0) is 26.0 Å². The van der Waals surface area contributed by atoms with Crippen LogP contribution in [0.25, 0.3) is 11.2 Å². The molecule has 0 amide bonds. The summed E-state index contributed by atoms with van der Waals surface area (Å²) in [7, 11) is -3.04. The number of carbonyl (C=O) groups is 1. The number of benzene rings is 1. The number of nitrogens with two attached hydrogens (primary N) is 1. The predicted molar refractivity (Wildman–Crippen MR) is 125 cm³/mol. The monoisotopic (exact) mass is 509 g/mol. The Kier molecular flexibility index (Phi) is 7.20. The van der Waals surface area contributed by atoms with Crippen LogP contribution in [0.2, 0.25) is 5.15 Å². The Balaban J connectivity index is 1.63. The summed E-state index contributed by atoms with van der Waals surface area (Å²) in [4.78, 5) is 25.2. The van der Waals surface area contributed by atoms with Gasteiger partial charge in [-0.25, -0.2) is 9.78 Å². The second-order valence-electron chi connectivity index (χ2n) is 8.16. The lowest BCUT2D eigenvalue weighted by Crippen LogP contribution is -2.36. The molecule has 13 heteroatoms. The van der Waals surface area contributed by atoms with Gasteiger partial charge in [0.15, 0.2) is 23.1 Å². The van der Waals surface area contributed by atoms with Gasteiger partial charge >= 0.3 is 5.97 Å². The molecular weight excluding hydrogens is 485 g/mol. The number of fused-ring (bicyclic) bond motifs is 1. The maximum Gasteiger partial charge on any atom is 0.338 e. The Bertz CT molecular complexity index is 1220. The fourth-order valence-electron chi connectivity index (χ4n) is 3.64. The molecule has 1 aliphatic rings. The van der Waals surface area contributed by atoms with Gasteiger partial charge in [-0.15, -0.1) is 0 Å². The lowest BCUT2D eigenvalue weighted by molar-refractivity contribution is -0.0495. The van der Waals surface area contributed by atoms with Crippen molar-refractivity contribution in [2.75, 3.05) is 25.4 Å². The van der Waals surface area contributed by atoms with Crippen molar-refractivity contribution in [2.24, 2.45) is 0 Å². The van der Waals surface area contributed by atoms with E-state index >= 15 is 0 Å². The van der Waals surface area contributed by atoms with Crippen molar-refractivity contribution in [3.05, 3.63) is 47.4 Å². The molecule has 0 bridgehead atoms. The Morgan fingerprint density at radius 3 is 2.76 bits per heavy atom. The van der Waals surface area contributed by atoms with Crippen molar-refractivity contribution < 1.29 is 28.1 Å². The Morgan fingerprint density at radius 2 is 2.06 bits per heavy atom. The number of esters is 1. The molecule has 4 rings (SSSR count). The minimum absolute atomic E-state index is 0.0411. The van der Waals surface area contributed by atoms with Crippen LogP contribution >= 0.6 is 19.0 Å². The first-order valence-corrected chi connectivity index (χ1v) is 13.2. The van der Waals surface area contributed by atoms with Gasteiger partial charge in [-0.2, -0.15) is 9.97 Å². The molecule has 4 atom stereocenters. The van der Waals surface area contributed by atoms with Gasteiger partial charge in [-0.3, -0.25) is 9.13 Å². The minimum Gasteiger partial charge on any atom is -0.451 e. The van der Waals surface area contributed by atoms with E-state index in [0.29, 0.717) is 16.7 Å². The quantitative estimate of drug-likeness (QED) is 0.272. The lowest BCUT2D eigenvalue weighted by atomic mass is 10.2. The summed E-state index contributed by atoms with van der Waals surface area (Å²) < 4.78 is 37.4. The molecule has 11 nitrogen and oxygen atoms in total. The van der Waals surface area contributed by atoms with Crippen LogP contribution in [0.1, 0.15) is 30.4 Å². The van der Waals surface area contributed by atoms with Crippen molar-refractivity contribution >= 4 is 42.1 Å². The number of anilines is 1. The fourth-order valence-corrected chi connectivity index (χ4v) is 5.27. The predicted octanol–water partition coefficient (Wildman–Crippen LogP) is 3.49. The van der Waals surface area contributed by atoms with E-state index in [4.69, 9.17) is 36.1 Å². The van der Waals surface area contributed by atoms with Crippen molar-refractivity contribution in [3.8, 4) is 0 Å². The number of halogens is 1.